The molecule has 8 aromatic rings. The molecule has 0 amide bonds. The van der Waals surface area contributed by atoms with Crippen molar-refractivity contribution in [1.29, 1.82) is 0 Å². The van der Waals surface area contributed by atoms with Crippen molar-refractivity contribution in [3.05, 3.63) is 170 Å². The van der Waals surface area contributed by atoms with E-state index in [0.717, 1.165) is 28.5 Å². The maximum atomic E-state index is 6.31. The molecule has 0 spiro atoms. The van der Waals surface area contributed by atoms with Crippen LogP contribution < -0.4 is 14.4 Å². The largest absolute Gasteiger partial charge is 0.450 e. The van der Waals surface area contributed by atoms with Crippen LogP contribution in [0, 0.1) is 0 Å². The second kappa shape index (κ2) is 10.7. The third-order valence-corrected chi connectivity index (χ3v) is 8.65. The summed E-state index contributed by atoms with van der Waals surface area (Å²) in [5.41, 5.74) is 8.90. The van der Waals surface area contributed by atoms with Gasteiger partial charge in [-0.3, -0.25) is 0 Å². The predicted molar refractivity (Wildman–Crippen MR) is 187 cm³/mol. The summed E-state index contributed by atoms with van der Waals surface area (Å²) >= 11 is 0. The highest BCUT2D eigenvalue weighted by Crippen LogP contribution is 2.48. The zero-order valence-electron chi connectivity index (χ0n) is 24.9. The van der Waals surface area contributed by atoms with Crippen molar-refractivity contribution < 1.29 is 9.47 Å². The summed E-state index contributed by atoms with van der Waals surface area (Å²) in [4.78, 5) is 2.26. The van der Waals surface area contributed by atoms with Crippen molar-refractivity contribution in [3.8, 4) is 39.8 Å². The quantitative estimate of drug-likeness (QED) is 0.199. The molecular formula is C42H28N2O2. The zero-order chi connectivity index (χ0) is 30.5. The molecule has 2 heterocycles. The zero-order valence-corrected chi connectivity index (χ0v) is 24.9. The average molecular weight is 593 g/mol. The van der Waals surface area contributed by atoms with E-state index in [9.17, 15) is 0 Å². The Hall–Kier alpha value is -6.26. The highest BCUT2D eigenvalue weighted by Gasteiger charge is 2.22. The average Bonchev–Trinajstić information content (AvgIpc) is 3.46. The first-order valence-electron chi connectivity index (χ1n) is 15.4. The lowest BCUT2D eigenvalue weighted by Gasteiger charge is -2.28. The van der Waals surface area contributed by atoms with Gasteiger partial charge >= 0.3 is 0 Å². The minimum absolute atomic E-state index is 0.684. The van der Waals surface area contributed by atoms with E-state index in [2.05, 4.69) is 143 Å². The molecule has 1 aromatic heterocycles. The Labute approximate surface area is 266 Å². The first kappa shape index (κ1) is 26.2. The van der Waals surface area contributed by atoms with Gasteiger partial charge in [0.2, 0.25) is 0 Å². The van der Waals surface area contributed by atoms with Crippen LogP contribution in [0.4, 0.5) is 17.1 Å². The van der Waals surface area contributed by atoms with Crippen molar-refractivity contribution in [2.24, 2.45) is 0 Å². The Morgan fingerprint density at radius 2 is 0.848 bits per heavy atom. The van der Waals surface area contributed by atoms with E-state index in [1.165, 1.54) is 32.9 Å². The summed E-state index contributed by atoms with van der Waals surface area (Å²) in [6.45, 7) is 0. The fourth-order valence-electron chi connectivity index (χ4n) is 6.49. The molecule has 4 heteroatoms. The minimum Gasteiger partial charge on any atom is -0.450 e. The van der Waals surface area contributed by atoms with Crippen LogP contribution in [0.5, 0.6) is 23.0 Å². The smallest absolute Gasteiger partial charge is 0.172 e. The number of rotatable bonds is 5. The van der Waals surface area contributed by atoms with Gasteiger partial charge in [0.15, 0.2) is 23.0 Å². The van der Waals surface area contributed by atoms with E-state index >= 15 is 0 Å². The summed E-state index contributed by atoms with van der Waals surface area (Å²) in [5, 5.41) is 2.50. The molecule has 0 atom stereocenters. The predicted octanol–water partition coefficient (Wildman–Crippen LogP) is 11.8. The molecule has 9 rings (SSSR count). The fourth-order valence-corrected chi connectivity index (χ4v) is 6.49. The minimum atomic E-state index is 0.684. The standard InChI is InChI=1S/C42H28N2O2/c1-2-10-29(11-3-1)30-18-20-31(21-19-30)43(34-26-27-41-42(28-34)46-40-17-9-8-16-39(40)45-41)32-22-24-33(25-23-32)44-37-14-6-4-12-35(37)36-13-5-7-15-38(36)44/h1-28H. The SMILES string of the molecule is c1ccc(-c2ccc(N(c3ccc(-n4c5ccccc5c5ccccc54)cc3)c3ccc4c(c3)Oc3ccccc3O4)cc2)cc1. The van der Waals surface area contributed by atoms with Crippen LogP contribution in [0.15, 0.2) is 170 Å². The molecule has 0 fully saturated rings. The summed E-state index contributed by atoms with van der Waals surface area (Å²) in [6.07, 6.45) is 0. The Morgan fingerprint density at radius 1 is 0.370 bits per heavy atom. The highest BCUT2D eigenvalue weighted by molar-refractivity contribution is 6.09. The lowest BCUT2D eigenvalue weighted by atomic mass is 10.0. The molecule has 218 valence electrons. The van der Waals surface area contributed by atoms with Crippen molar-refractivity contribution in [3.63, 3.8) is 0 Å². The van der Waals surface area contributed by atoms with Gasteiger partial charge in [0.1, 0.15) is 0 Å². The summed E-state index contributed by atoms with van der Waals surface area (Å²) in [7, 11) is 0. The second-order valence-corrected chi connectivity index (χ2v) is 11.4. The van der Waals surface area contributed by atoms with Crippen molar-refractivity contribution in [1.82, 2.24) is 4.57 Å². The molecule has 7 aromatic carbocycles. The van der Waals surface area contributed by atoms with Gasteiger partial charge in [-0.15, -0.1) is 0 Å². The summed E-state index contributed by atoms with van der Waals surface area (Å²) < 4.78 is 14.8. The van der Waals surface area contributed by atoms with Crippen molar-refractivity contribution in [2.75, 3.05) is 4.90 Å². The van der Waals surface area contributed by atoms with Crippen LogP contribution in [0.25, 0.3) is 38.6 Å². The Balaban J connectivity index is 1.15. The van der Waals surface area contributed by atoms with E-state index in [1.54, 1.807) is 0 Å². The Bertz CT molecular complexity index is 2300. The van der Waals surface area contributed by atoms with Gasteiger partial charge in [-0.2, -0.15) is 0 Å². The normalized spacial score (nSPS) is 11.8. The summed E-state index contributed by atoms with van der Waals surface area (Å²) in [6, 6.07) is 59.0. The molecule has 0 bridgehead atoms. The number of anilines is 3. The lowest BCUT2D eigenvalue weighted by Crippen LogP contribution is -2.11. The van der Waals surface area contributed by atoms with Gasteiger partial charge in [-0.25, -0.2) is 0 Å². The number of hydrogen-bond acceptors (Lipinski definition) is 3. The molecule has 0 unspecified atom stereocenters. The van der Waals surface area contributed by atoms with E-state index in [1.807, 2.05) is 36.4 Å². The number of ether oxygens (including phenoxy) is 2. The van der Waals surface area contributed by atoms with Gasteiger partial charge in [-0.05, 0) is 83.9 Å². The van der Waals surface area contributed by atoms with E-state index in [4.69, 9.17) is 9.47 Å². The van der Waals surface area contributed by atoms with Crippen LogP contribution in [-0.4, -0.2) is 4.57 Å². The highest BCUT2D eigenvalue weighted by atomic mass is 16.6. The first-order valence-corrected chi connectivity index (χ1v) is 15.4. The van der Waals surface area contributed by atoms with Crippen LogP contribution in [0.2, 0.25) is 0 Å². The molecule has 46 heavy (non-hydrogen) atoms. The van der Waals surface area contributed by atoms with Crippen LogP contribution in [0.1, 0.15) is 0 Å². The Kier molecular flexibility index (Phi) is 6.10. The number of nitrogens with zero attached hydrogens (tertiary/aromatic N) is 2. The van der Waals surface area contributed by atoms with Crippen molar-refractivity contribution in [2.45, 2.75) is 0 Å². The molecule has 1 aliphatic rings. The third kappa shape index (κ3) is 4.39. The van der Waals surface area contributed by atoms with Crippen LogP contribution >= 0.6 is 0 Å². The Morgan fingerprint density at radius 3 is 1.50 bits per heavy atom. The van der Waals surface area contributed by atoms with Gasteiger partial charge in [-0.1, -0.05) is 91.0 Å². The second-order valence-electron chi connectivity index (χ2n) is 11.4. The number of para-hydroxylation sites is 4. The first-order chi connectivity index (χ1) is 22.8. The van der Waals surface area contributed by atoms with Gasteiger partial charge < -0.3 is 18.9 Å². The molecule has 1 aliphatic heterocycles. The van der Waals surface area contributed by atoms with E-state index in [-0.39, 0.29) is 0 Å². The number of benzene rings is 7. The van der Waals surface area contributed by atoms with Gasteiger partial charge in [0.25, 0.3) is 0 Å². The van der Waals surface area contributed by atoms with Crippen molar-refractivity contribution >= 4 is 38.9 Å². The fraction of sp³-hybridized carbons (Fsp3) is 0. The number of hydrogen-bond donors (Lipinski definition) is 0. The van der Waals surface area contributed by atoms with Crippen LogP contribution in [-0.2, 0) is 0 Å². The van der Waals surface area contributed by atoms with Crippen LogP contribution in [0.3, 0.4) is 0 Å². The summed E-state index contributed by atoms with van der Waals surface area (Å²) in [5.74, 6) is 2.81. The van der Waals surface area contributed by atoms with Gasteiger partial charge in [0.05, 0.1) is 16.7 Å². The molecule has 0 radical (unpaired) electrons. The van der Waals surface area contributed by atoms with E-state index < -0.39 is 0 Å². The molecule has 4 nitrogen and oxygen atoms in total. The monoisotopic (exact) mass is 592 g/mol. The molecule has 0 N–H and O–H groups in total. The lowest BCUT2D eigenvalue weighted by molar-refractivity contribution is 0.360. The molecule has 0 saturated heterocycles. The molecular weight excluding hydrogens is 564 g/mol. The number of aromatic nitrogens is 1. The number of fused-ring (bicyclic) bond motifs is 5. The molecule has 0 saturated carbocycles. The molecule has 0 aliphatic carbocycles. The van der Waals surface area contributed by atoms with E-state index in [0.29, 0.717) is 17.2 Å². The maximum absolute atomic E-state index is 6.31. The topological polar surface area (TPSA) is 26.6 Å². The maximum Gasteiger partial charge on any atom is 0.172 e. The van der Waals surface area contributed by atoms with Gasteiger partial charge in [0, 0.05) is 33.9 Å². The third-order valence-electron chi connectivity index (χ3n) is 8.65.